The molecule has 0 saturated heterocycles. The zero-order chi connectivity index (χ0) is 10.9. The lowest BCUT2D eigenvalue weighted by Crippen LogP contribution is -2.21. The van der Waals surface area contributed by atoms with Crippen LogP contribution in [-0.2, 0) is 0 Å². The van der Waals surface area contributed by atoms with Crippen LogP contribution < -0.4 is 0 Å². The van der Waals surface area contributed by atoms with E-state index in [0.717, 1.165) is 6.42 Å². The Bertz CT molecular complexity index is 87.2. The van der Waals surface area contributed by atoms with E-state index in [4.69, 9.17) is 5.11 Å². The summed E-state index contributed by atoms with van der Waals surface area (Å²) in [5.74, 6) is 0. The van der Waals surface area contributed by atoms with Crippen molar-refractivity contribution in [2.24, 2.45) is 0 Å². The third-order valence-corrected chi connectivity index (χ3v) is 2.21. The number of rotatable bonds is 4. The number of nitrogens with zero attached hydrogens (tertiary/aromatic N) is 1. The van der Waals surface area contributed by atoms with Crippen molar-refractivity contribution in [3.63, 3.8) is 0 Å². The molecule has 0 aliphatic carbocycles. The second-order valence-electron chi connectivity index (χ2n) is 3.79. The lowest BCUT2D eigenvalue weighted by atomic mass is 10.1. The summed E-state index contributed by atoms with van der Waals surface area (Å²) in [6.45, 7) is 15.7. The highest BCUT2D eigenvalue weighted by atomic mass is 16.3. The van der Waals surface area contributed by atoms with E-state index in [0.29, 0.717) is 0 Å². The van der Waals surface area contributed by atoms with Crippen molar-refractivity contribution < 1.29 is 5.11 Å². The molecule has 2 heteroatoms. The molecule has 0 aromatic heterocycles. The standard InChI is InChI=1S/C6H15N.C5H12O/c1-4-7(5-2)6-3;1-4-5(2,3)6/h4-6H2,1-3H3;6H,4H2,1-3H3. The fraction of sp³-hybridized carbons (Fsp3) is 1.00. The van der Waals surface area contributed by atoms with Gasteiger partial charge in [-0.3, -0.25) is 0 Å². The minimum absolute atomic E-state index is 0.458. The summed E-state index contributed by atoms with van der Waals surface area (Å²) in [7, 11) is 0. The van der Waals surface area contributed by atoms with Crippen LogP contribution in [0.4, 0.5) is 0 Å². The zero-order valence-corrected chi connectivity index (χ0v) is 10.2. The molecule has 0 spiro atoms. The third kappa shape index (κ3) is 14.7. The van der Waals surface area contributed by atoms with Crippen LogP contribution in [0.5, 0.6) is 0 Å². The maximum Gasteiger partial charge on any atom is 0.0589 e. The molecule has 82 valence electrons. The summed E-state index contributed by atoms with van der Waals surface area (Å²) in [5.41, 5.74) is -0.458. The molecule has 0 aliphatic rings. The molecule has 0 saturated carbocycles. The Morgan fingerprint density at radius 3 is 1.15 bits per heavy atom. The van der Waals surface area contributed by atoms with Crippen LogP contribution in [0.1, 0.15) is 48.0 Å². The van der Waals surface area contributed by atoms with Gasteiger partial charge in [-0.05, 0) is 39.9 Å². The summed E-state index contributed by atoms with van der Waals surface area (Å²) in [6, 6.07) is 0. The summed E-state index contributed by atoms with van der Waals surface area (Å²) < 4.78 is 0. The van der Waals surface area contributed by atoms with Gasteiger partial charge in [0, 0.05) is 0 Å². The van der Waals surface area contributed by atoms with Crippen molar-refractivity contribution in [1.82, 2.24) is 4.90 Å². The highest BCUT2D eigenvalue weighted by molar-refractivity contribution is 4.59. The largest absolute Gasteiger partial charge is 0.390 e. The molecule has 0 aromatic rings. The van der Waals surface area contributed by atoms with E-state index >= 15 is 0 Å². The Labute approximate surface area is 83.9 Å². The molecule has 0 bridgehead atoms. The molecule has 1 N–H and O–H groups in total. The average Bonchev–Trinajstić information content (AvgIpc) is 2.07. The van der Waals surface area contributed by atoms with Gasteiger partial charge in [-0.15, -0.1) is 0 Å². The van der Waals surface area contributed by atoms with Gasteiger partial charge in [0.1, 0.15) is 0 Å². The van der Waals surface area contributed by atoms with E-state index < -0.39 is 5.60 Å². The van der Waals surface area contributed by atoms with Crippen LogP contribution >= 0.6 is 0 Å². The summed E-state index contributed by atoms with van der Waals surface area (Å²) >= 11 is 0. The minimum Gasteiger partial charge on any atom is -0.390 e. The number of hydrogen-bond donors (Lipinski definition) is 1. The predicted octanol–water partition coefficient (Wildman–Crippen LogP) is 2.52. The van der Waals surface area contributed by atoms with Crippen LogP contribution in [0.2, 0.25) is 0 Å². The van der Waals surface area contributed by atoms with Gasteiger partial charge in [0.15, 0.2) is 0 Å². The van der Waals surface area contributed by atoms with Crippen molar-refractivity contribution in [3.05, 3.63) is 0 Å². The fourth-order valence-corrected chi connectivity index (χ4v) is 0.671. The van der Waals surface area contributed by atoms with E-state index in [2.05, 4.69) is 25.7 Å². The number of hydrogen-bond acceptors (Lipinski definition) is 2. The maximum atomic E-state index is 8.83. The maximum absolute atomic E-state index is 8.83. The van der Waals surface area contributed by atoms with E-state index in [1.807, 2.05) is 6.92 Å². The van der Waals surface area contributed by atoms with Gasteiger partial charge in [0.2, 0.25) is 0 Å². The van der Waals surface area contributed by atoms with Crippen molar-refractivity contribution in [2.75, 3.05) is 19.6 Å². The second-order valence-corrected chi connectivity index (χ2v) is 3.79. The monoisotopic (exact) mass is 189 g/mol. The molecular weight excluding hydrogens is 162 g/mol. The van der Waals surface area contributed by atoms with E-state index in [-0.39, 0.29) is 0 Å². The molecule has 0 aromatic carbocycles. The van der Waals surface area contributed by atoms with Crippen LogP contribution in [0.15, 0.2) is 0 Å². The van der Waals surface area contributed by atoms with Crippen molar-refractivity contribution in [3.8, 4) is 0 Å². The van der Waals surface area contributed by atoms with Gasteiger partial charge in [-0.2, -0.15) is 0 Å². The van der Waals surface area contributed by atoms with Crippen molar-refractivity contribution >= 4 is 0 Å². The minimum atomic E-state index is -0.458. The number of aliphatic hydroxyl groups is 1. The Morgan fingerprint density at radius 2 is 1.15 bits per heavy atom. The predicted molar refractivity (Wildman–Crippen MR) is 60.1 cm³/mol. The fourth-order valence-electron chi connectivity index (χ4n) is 0.671. The van der Waals surface area contributed by atoms with Crippen molar-refractivity contribution in [2.45, 2.75) is 53.6 Å². The van der Waals surface area contributed by atoms with Crippen LogP contribution in [0.25, 0.3) is 0 Å². The van der Waals surface area contributed by atoms with Crippen LogP contribution in [0.3, 0.4) is 0 Å². The van der Waals surface area contributed by atoms with E-state index in [1.165, 1.54) is 19.6 Å². The topological polar surface area (TPSA) is 23.5 Å². The summed E-state index contributed by atoms with van der Waals surface area (Å²) in [4.78, 5) is 2.38. The van der Waals surface area contributed by atoms with Crippen molar-refractivity contribution in [1.29, 1.82) is 0 Å². The van der Waals surface area contributed by atoms with Gasteiger partial charge >= 0.3 is 0 Å². The molecule has 2 nitrogen and oxygen atoms in total. The quantitative estimate of drug-likeness (QED) is 0.734. The first-order chi connectivity index (χ1) is 5.91. The lowest BCUT2D eigenvalue weighted by molar-refractivity contribution is 0.0765. The average molecular weight is 189 g/mol. The van der Waals surface area contributed by atoms with Gasteiger partial charge < -0.3 is 10.0 Å². The molecule has 0 unspecified atom stereocenters. The van der Waals surface area contributed by atoms with Gasteiger partial charge in [-0.1, -0.05) is 27.7 Å². The van der Waals surface area contributed by atoms with E-state index in [9.17, 15) is 0 Å². The normalized spacial score (nSPS) is 11.1. The molecule has 0 radical (unpaired) electrons. The first kappa shape index (κ1) is 15.4. The third-order valence-electron chi connectivity index (χ3n) is 2.21. The van der Waals surface area contributed by atoms with Crippen LogP contribution in [-0.4, -0.2) is 35.2 Å². The highest BCUT2D eigenvalue weighted by Gasteiger charge is 2.05. The zero-order valence-electron chi connectivity index (χ0n) is 10.2. The highest BCUT2D eigenvalue weighted by Crippen LogP contribution is 2.03. The molecule has 0 atom stereocenters. The summed E-state index contributed by atoms with van der Waals surface area (Å²) in [5, 5.41) is 8.83. The lowest BCUT2D eigenvalue weighted by Gasteiger charge is -2.13. The second kappa shape index (κ2) is 8.52. The molecule has 0 amide bonds. The molecule has 13 heavy (non-hydrogen) atoms. The smallest absolute Gasteiger partial charge is 0.0589 e. The SMILES string of the molecule is CCC(C)(C)O.CCN(CC)CC. The van der Waals surface area contributed by atoms with E-state index in [1.54, 1.807) is 13.8 Å². The van der Waals surface area contributed by atoms with Gasteiger partial charge in [0.05, 0.1) is 5.60 Å². The van der Waals surface area contributed by atoms with Gasteiger partial charge in [-0.25, -0.2) is 0 Å². The van der Waals surface area contributed by atoms with Crippen LogP contribution in [0, 0.1) is 0 Å². The Kier molecular flexibility index (Phi) is 10.1. The molecule has 0 rings (SSSR count). The molecule has 0 aliphatic heterocycles. The Balaban J connectivity index is 0. The molecule has 0 heterocycles. The summed E-state index contributed by atoms with van der Waals surface area (Å²) in [6.07, 6.45) is 0.826. The Morgan fingerprint density at radius 1 is 0.923 bits per heavy atom. The van der Waals surface area contributed by atoms with Gasteiger partial charge in [0.25, 0.3) is 0 Å². The Hall–Kier alpha value is -0.0800. The first-order valence-corrected chi connectivity index (χ1v) is 5.35. The first-order valence-electron chi connectivity index (χ1n) is 5.35. The molecule has 0 fully saturated rings. The molecular formula is C11H27NO.